The predicted octanol–water partition coefficient (Wildman–Crippen LogP) is 2.45. The summed E-state index contributed by atoms with van der Waals surface area (Å²) in [6.07, 6.45) is 3.01. The van der Waals surface area contributed by atoms with Gasteiger partial charge < -0.3 is 5.32 Å². The smallest absolute Gasteiger partial charge is 0.148 e. The molecular formula is C11H11ClN4. The van der Waals surface area contributed by atoms with E-state index in [9.17, 15) is 0 Å². The molecule has 0 fully saturated rings. The summed E-state index contributed by atoms with van der Waals surface area (Å²) in [6.45, 7) is 2.56. The lowest BCUT2D eigenvalue weighted by Crippen LogP contribution is -2.04. The summed E-state index contributed by atoms with van der Waals surface area (Å²) in [7, 11) is 0. The lowest BCUT2D eigenvalue weighted by molar-refractivity contribution is 0.998. The maximum Gasteiger partial charge on any atom is 0.148 e. The van der Waals surface area contributed by atoms with Crippen LogP contribution in [0.2, 0.25) is 5.02 Å². The number of anilines is 1. The molecule has 0 aliphatic heterocycles. The molecule has 0 aromatic carbocycles. The first-order valence-electron chi connectivity index (χ1n) is 4.87. The second kappa shape index (κ2) is 4.90. The zero-order valence-corrected chi connectivity index (χ0v) is 9.57. The minimum absolute atomic E-state index is 0.509. The second-order valence-electron chi connectivity index (χ2n) is 3.34. The van der Waals surface area contributed by atoms with Crippen LogP contribution in [0.4, 0.5) is 5.82 Å². The van der Waals surface area contributed by atoms with Crippen molar-refractivity contribution in [3.05, 3.63) is 47.1 Å². The fourth-order valence-electron chi connectivity index (χ4n) is 1.31. The fraction of sp³-hybridized carbons (Fsp3) is 0.182. The highest BCUT2D eigenvalue weighted by Crippen LogP contribution is 2.16. The van der Waals surface area contributed by atoms with Crippen molar-refractivity contribution in [3.63, 3.8) is 0 Å². The summed E-state index contributed by atoms with van der Waals surface area (Å²) in [6, 6.07) is 5.89. The van der Waals surface area contributed by atoms with E-state index in [0.29, 0.717) is 17.4 Å². The predicted molar refractivity (Wildman–Crippen MR) is 63.3 cm³/mol. The van der Waals surface area contributed by atoms with Crippen LogP contribution in [0.15, 0.2) is 30.7 Å². The number of hydrogen-bond donors (Lipinski definition) is 1. The van der Waals surface area contributed by atoms with Gasteiger partial charge in [0, 0.05) is 5.69 Å². The van der Waals surface area contributed by atoms with Crippen LogP contribution in [0.25, 0.3) is 0 Å². The summed E-state index contributed by atoms with van der Waals surface area (Å²) in [5, 5.41) is 3.62. The van der Waals surface area contributed by atoms with Crippen molar-refractivity contribution in [2.24, 2.45) is 0 Å². The van der Waals surface area contributed by atoms with Crippen molar-refractivity contribution in [3.8, 4) is 0 Å². The highest BCUT2D eigenvalue weighted by Gasteiger charge is 2.01. The summed E-state index contributed by atoms with van der Waals surface area (Å²) in [4.78, 5) is 12.2. The normalized spacial score (nSPS) is 10.1. The molecule has 2 rings (SSSR count). The monoisotopic (exact) mass is 234 g/mol. The molecule has 0 bridgehead atoms. The van der Waals surface area contributed by atoms with E-state index >= 15 is 0 Å². The third-order valence-electron chi connectivity index (χ3n) is 2.05. The molecule has 1 N–H and O–H groups in total. The van der Waals surface area contributed by atoms with E-state index in [-0.39, 0.29) is 0 Å². The van der Waals surface area contributed by atoms with E-state index in [1.807, 2.05) is 25.1 Å². The Kier molecular flexibility index (Phi) is 3.31. The average molecular weight is 235 g/mol. The minimum atomic E-state index is 0.509. The Morgan fingerprint density at radius 3 is 3.00 bits per heavy atom. The third kappa shape index (κ3) is 2.67. The van der Waals surface area contributed by atoms with E-state index in [2.05, 4.69) is 20.3 Å². The van der Waals surface area contributed by atoms with E-state index in [4.69, 9.17) is 11.6 Å². The number of halogens is 1. The minimum Gasteiger partial charge on any atom is -0.363 e. The van der Waals surface area contributed by atoms with Crippen LogP contribution in [0.3, 0.4) is 0 Å². The average Bonchev–Trinajstić information content (AvgIpc) is 2.28. The zero-order chi connectivity index (χ0) is 11.4. The Bertz CT molecular complexity index is 487. The van der Waals surface area contributed by atoms with Crippen molar-refractivity contribution < 1.29 is 0 Å². The van der Waals surface area contributed by atoms with Gasteiger partial charge in [-0.15, -0.1) is 0 Å². The molecule has 0 radical (unpaired) electrons. The molecule has 5 heteroatoms. The summed E-state index contributed by atoms with van der Waals surface area (Å²) in [5.41, 5.74) is 1.95. The van der Waals surface area contributed by atoms with Crippen LogP contribution in [-0.2, 0) is 6.54 Å². The second-order valence-corrected chi connectivity index (χ2v) is 3.75. The lowest BCUT2D eigenvalue weighted by atomic mass is 10.3. The molecule has 0 saturated carbocycles. The zero-order valence-electron chi connectivity index (χ0n) is 8.81. The number of aryl methyl sites for hydroxylation is 1. The summed E-state index contributed by atoms with van der Waals surface area (Å²) >= 11 is 5.91. The van der Waals surface area contributed by atoms with Crippen LogP contribution < -0.4 is 5.32 Å². The Hall–Kier alpha value is -1.68. The molecule has 0 aliphatic rings. The van der Waals surface area contributed by atoms with Gasteiger partial charge in [0.25, 0.3) is 0 Å². The molecule has 2 aromatic heterocycles. The molecule has 2 aromatic rings. The Morgan fingerprint density at radius 2 is 2.25 bits per heavy atom. The number of rotatable bonds is 3. The molecule has 0 aliphatic carbocycles. The number of aromatic nitrogens is 3. The largest absolute Gasteiger partial charge is 0.363 e. The molecule has 16 heavy (non-hydrogen) atoms. The van der Waals surface area contributed by atoms with Crippen LogP contribution in [0, 0.1) is 6.92 Å². The van der Waals surface area contributed by atoms with Crippen LogP contribution in [0.1, 0.15) is 11.4 Å². The SMILES string of the molecule is Cc1cccc(CNc2ncncc2Cl)n1. The molecule has 0 saturated heterocycles. The van der Waals surface area contributed by atoms with Crippen molar-refractivity contribution >= 4 is 17.4 Å². The molecule has 0 amide bonds. The van der Waals surface area contributed by atoms with Gasteiger partial charge >= 0.3 is 0 Å². The standard InChI is InChI=1S/C11H11ClN4/c1-8-3-2-4-9(16-8)5-14-11-10(12)6-13-7-15-11/h2-4,6-7H,5H2,1H3,(H,13,14,15). The van der Waals surface area contributed by atoms with Crippen LogP contribution in [0.5, 0.6) is 0 Å². The molecule has 0 spiro atoms. The van der Waals surface area contributed by atoms with Gasteiger partial charge in [-0.3, -0.25) is 4.98 Å². The van der Waals surface area contributed by atoms with Gasteiger partial charge in [-0.2, -0.15) is 0 Å². The highest BCUT2D eigenvalue weighted by atomic mass is 35.5. The van der Waals surface area contributed by atoms with Crippen molar-refractivity contribution in [1.82, 2.24) is 15.0 Å². The molecule has 0 atom stereocenters. The van der Waals surface area contributed by atoms with E-state index in [1.165, 1.54) is 6.33 Å². The van der Waals surface area contributed by atoms with Gasteiger partial charge in [0.15, 0.2) is 0 Å². The van der Waals surface area contributed by atoms with Crippen molar-refractivity contribution in [1.29, 1.82) is 0 Å². The third-order valence-corrected chi connectivity index (χ3v) is 2.33. The van der Waals surface area contributed by atoms with Gasteiger partial charge in [-0.05, 0) is 19.1 Å². The Morgan fingerprint density at radius 1 is 1.38 bits per heavy atom. The van der Waals surface area contributed by atoms with Gasteiger partial charge in [-0.1, -0.05) is 17.7 Å². The maximum absolute atomic E-state index is 5.91. The first-order chi connectivity index (χ1) is 7.75. The molecule has 4 nitrogen and oxygen atoms in total. The summed E-state index contributed by atoms with van der Waals surface area (Å²) < 4.78 is 0. The number of pyridine rings is 1. The van der Waals surface area contributed by atoms with Gasteiger partial charge in [-0.25, -0.2) is 9.97 Å². The van der Waals surface area contributed by atoms with Crippen LogP contribution >= 0.6 is 11.6 Å². The Labute approximate surface area is 98.7 Å². The lowest BCUT2D eigenvalue weighted by Gasteiger charge is -2.06. The van der Waals surface area contributed by atoms with E-state index < -0.39 is 0 Å². The fourth-order valence-corrected chi connectivity index (χ4v) is 1.49. The maximum atomic E-state index is 5.91. The van der Waals surface area contributed by atoms with E-state index in [0.717, 1.165) is 11.4 Å². The van der Waals surface area contributed by atoms with Crippen LogP contribution in [-0.4, -0.2) is 15.0 Å². The molecular weight excluding hydrogens is 224 g/mol. The van der Waals surface area contributed by atoms with Crippen molar-refractivity contribution in [2.75, 3.05) is 5.32 Å². The molecule has 82 valence electrons. The number of nitrogens with zero attached hydrogens (tertiary/aromatic N) is 3. The quantitative estimate of drug-likeness (QED) is 0.886. The summed E-state index contributed by atoms with van der Waals surface area (Å²) in [5.74, 6) is 0.625. The topological polar surface area (TPSA) is 50.7 Å². The first kappa shape index (κ1) is 10.8. The van der Waals surface area contributed by atoms with E-state index in [1.54, 1.807) is 6.20 Å². The van der Waals surface area contributed by atoms with Gasteiger partial charge in [0.2, 0.25) is 0 Å². The molecule has 2 heterocycles. The highest BCUT2D eigenvalue weighted by molar-refractivity contribution is 6.32. The first-order valence-corrected chi connectivity index (χ1v) is 5.25. The molecule has 0 unspecified atom stereocenters. The van der Waals surface area contributed by atoms with Gasteiger partial charge in [0.05, 0.1) is 18.4 Å². The number of nitrogens with one attached hydrogen (secondary N) is 1. The number of hydrogen-bond acceptors (Lipinski definition) is 4. The van der Waals surface area contributed by atoms with Gasteiger partial charge in [0.1, 0.15) is 17.2 Å². The Balaban J connectivity index is 2.05. The van der Waals surface area contributed by atoms with Crippen molar-refractivity contribution in [2.45, 2.75) is 13.5 Å².